The minimum Gasteiger partial charge on any atom is -0.295 e. The summed E-state index contributed by atoms with van der Waals surface area (Å²) in [6.45, 7) is 0. The normalized spacial score (nSPS) is 10.8. The summed E-state index contributed by atoms with van der Waals surface area (Å²) in [4.78, 5) is 16.6. The van der Waals surface area contributed by atoms with E-state index in [1.807, 2.05) is 0 Å². The number of hydrogen-bond donors (Lipinski definition) is 0. The van der Waals surface area contributed by atoms with Gasteiger partial charge in [0.1, 0.15) is 11.3 Å². The number of hydrogen-bond acceptors (Lipinski definition) is 2. The molecule has 0 fully saturated rings. The predicted octanol–water partition coefficient (Wildman–Crippen LogP) is 3.87. The van der Waals surface area contributed by atoms with Crippen LogP contribution in [-0.4, -0.2) is 15.2 Å². The van der Waals surface area contributed by atoms with Crippen molar-refractivity contribution in [1.82, 2.24) is 9.38 Å². The van der Waals surface area contributed by atoms with Gasteiger partial charge >= 0.3 is 0 Å². The molecule has 1 aromatic carbocycles. The van der Waals surface area contributed by atoms with E-state index in [2.05, 4.69) is 4.98 Å². The van der Waals surface area contributed by atoms with Crippen LogP contribution in [0.3, 0.4) is 0 Å². The standard InChI is InChI=1S/C14H8Cl2N2O/c15-10-3-1-9(2-4-10)14(19)12-7-17-13-6-5-11(16)8-18(12)13/h1-8H. The highest BCUT2D eigenvalue weighted by molar-refractivity contribution is 6.31. The predicted molar refractivity (Wildman–Crippen MR) is 75.1 cm³/mol. The van der Waals surface area contributed by atoms with Crippen LogP contribution < -0.4 is 0 Å². The summed E-state index contributed by atoms with van der Waals surface area (Å²) in [6.07, 6.45) is 3.22. The van der Waals surface area contributed by atoms with E-state index in [9.17, 15) is 4.79 Å². The number of halogens is 2. The molecule has 0 saturated carbocycles. The molecule has 0 bridgehead atoms. The lowest BCUT2D eigenvalue weighted by Gasteiger charge is -2.02. The number of fused-ring (bicyclic) bond motifs is 1. The van der Waals surface area contributed by atoms with Crippen molar-refractivity contribution in [2.45, 2.75) is 0 Å². The third-order valence-corrected chi connectivity index (χ3v) is 3.28. The molecule has 2 heterocycles. The molecule has 5 heteroatoms. The number of ketones is 1. The molecule has 94 valence electrons. The van der Waals surface area contributed by atoms with Crippen LogP contribution in [0.5, 0.6) is 0 Å². The first kappa shape index (κ1) is 12.2. The Bertz CT molecular complexity index is 763. The number of pyridine rings is 1. The van der Waals surface area contributed by atoms with Gasteiger partial charge < -0.3 is 0 Å². The molecule has 0 unspecified atom stereocenters. The van der Waals surface area contributed by atoms with Crippen LogP contribution in [-0.2, 0) is 0 Å². The molecule has 0 atom stereocenters. The summed E-state index contributed by atoms with van der Waals surface area (Å²) < 4.78 is 1.68. The highest BCUT2D eigenvalue weighted by Crippen LogP contribution is 2.17. The Morgan fingerprint density at radius 1 is 1.00 bits per heavy atom. The van der Waals surface area contributed by atoms with Crippen molar-refractivity contribution >= 4 is 34.6 Å². The SMILES string of the molecule is O=C(c1ccc(Cl)cc1)c1cnc2ccc(Cl)cn12. The second kappa shape index (κ2) is 4.68. The van der Waals surface area contributed by atoms with Gasteiger partial charge in [-0.1, -0.05) is 23.2 Å². The molecule has 2 aromatic heterocycles. The number of benzene rings is 1. The number of carbonyl (C=O) groups is 1. The van der Waals surface area contributed by atoms with E-state index < -0.39 is 0 Å². The lowest BCUT2D eigenvalue weighted by Crippen LogP contribution is -2.04. The summed E-state index contributed by atoms with van der Waals surface area (Å²) in [6, 6.07) is 10.3. The van der Waals surface area contributed by atoms with Crippen LogP contribution in [0.25, 0.3) is 5.65 Å². The van der Waals surface area contributed by atoms with Gasteiger partial charge in [-0.15, -0.1) is 0 Å². The number of rotatable bonds is 2. The maximum Gasteiger partial charge on any atom is 0.211 e. The molecule has 0 saturated heterocycles. The zero-order valence-corrected chi connectivity index (χ0v) is 11.2. The summed E-state index contributed by atoms with van der Waals surface area (Å²) in [5.74, 6) is -0.119. The van der Waals surface area contributed by atoms with Gasteiger partial charge in [0.25, 0.3) is 0 Å². The lowest BCUT2D eigenvalue weighted by atomic mass is 10.1. The second-order valence-electron chi connectivity index (χ2n) is 4.05. The van der Waals surface area contributed by atoms with E-state index in [0.717, 1.165) is 0 Å². The molecule has 3 aromatic rings. The Hall–Kier alpha value is -1.84. The van der Waals surface area contributed by atoms with Crippen molar-refractivity contribution in [3.63, 3.8) is 0 Å². The van der Waals surface area contributed by atoms with E-state index >= 15 is 0 Å². The number of nitrogens with zero attached hydrogens (tertiary/aromatic N) is 2. The summed E-state index contributed by atoms with van der Waals surface area (Å²) >= 11 is 11.8. The molecule has 0 aliphatic carbocycles. The maximum absolute atomic E-state index is 12.4. The first-order valence-electron chi connectivity index (χ1n) is 5.58. The summed E-state index contributed by atoms with van der Waals surface area (Å²) in [5.41, 5.74) is 1.72. The zero-order chi connectivity index (χ0) is 13.4. The van der Waals surface area contributed by atoms with Crippen molar-refractivity contribution in [3.05, 3.63) is 70.1 Å². The van der Waals surface area contributed by atoms with Crippen molar-refractivity contribution in [1.29, 1.82) is 0 Å². The molecule has 0 aliphatic rings. The van der Waals surface area contributed by atoms with Crippen LogP contribution in [0.1, 0.15) is 16.1 Å². The molecule has 0 N–H and O–H groups in total. The van der Waals surface area contributed by atoms with Crippen LogP contribution in [0, 0.1) is 0 Å². The minimum atomic E-state index is -0.119. The molecule has 3 nitrogen and oxygen atoms in total. The number of imidazole rings is 1. The maximum atomic E-state index is 12.4. The van der Waals surface area contributed by atoms with Crippen LogP contribution in [0.4, 0.5) is 0 Å². The van der Waals surface area contributed by atoms with Gasteiger partial charge in [-0.25, -0.2) is 4.98 Å². The third-order valence-electron chi connectivity index (χ3n) is 2.81. The monoisotopic (exact) mass is 290 g/mol. The van der Waals surface area contributed by atoms with Gasteiger partial charge in [0.05, 0.1) is 11.2 Å². The van der Waals surface area contributed by atoms with Gasteiger partial charge in [-0.2, -0.15) is 0 Å². The average Bonchev–Trinajstić information content (AvgIpc) is 2.81. The van der Waals surface area contributed by atoms with Gasteiger partial charge in [-0.3, -0.25) is 9.20 Å². The van der Waals surface area contributed by atoms with Gasteiger partial charge in [0.2, 0.25) is 5.78 Å². The van der Waals surface area contributed by atoms with Gasteiger partial charge in [0, 0.05) is 16.8 Å². The molecule has 0 spiro atoms. The number of carbonyl (C=O) groups excluding carboxylic acids is 1. The Labute approximate surface area is 119 Å². The highest BCUT2D eigenvalue weighted by atomic mass is 35.5. The molecule has 0 radical (unpaired) electrons. The van der Waals surface area contributed by atoms with Crippen LogP contribution in [0.15, 0.2) is 48.8 Å². The van der Waals surface area contributed by atoms with E-state index in [1.54, 1.807) is 53.2 Å². The molecular weight excluding hydrogens is 283 g/mol. The first-order valence-corrected chi connectivity index (χ1v) is 6.33. The van der Waals surface area contributed by atoms with E-state index in [-0.39, 0.29) is 5.78 Å². The van der Waals surface area contributed by atoms with Gasteiger partial charge in [-0.05, 0) is 36.4 Å². The van der Waals surface area contributed by atoms with Crippen LogP contribution >= 0.6 is 23.2 Å². The minimum absolute atomic E-state index is 0.119. The van der Waals surface area contributed by atoms with Crippen molar-refractivity contribution in [2.24, 2.45) is 0 Å². The quantitative estimate of drug-likeness (QED) is 0.672. The van der Waals surface area contributed by atoms with Gasteiger partial charge in [0.15, 0.2) is 0 Å². The lowest BCUT2D eigenvalue weighted by molar-refractivity contribution is 0.103. The highest BCUT2D eigenvalue weighted by Gasteiger charge is 2.14. The van der Waals surface area contributed by atoms with E-state index in [0.29, 0.717) is 26.9 Å². The molecule has 19 heavy (non-hydrogen) atoms. The van der Waals surface area contributed by atoms with Crippen molar-refractivity contribution in [2.75, 3.05) is 0 Å². The fourth-order valence-electron chi connectivity index (χ4n) is 1.87. The zero-order valence-electron chi connectivity index (χ0n) is 9.68. The largest absolute Gasteiger partial charge is 0.295 e. The second-order valence-corrected chi connectivity index (χ2v) is 4.93. The van der Waals surface area contributed by atoms with E-state index in [4.69, 9.17) is 23.2 Å². The first-order chi connectivity index (χ1) is 9.15. The number of aromatic nitrogens is 2. The van der Waals surface area contributed by atoms with Crippen molar-refractivity contribution in [3.8, 4) is 0 Å². The Morgan fingerprint density at radius 2 is 1.68 bits per heavy atom. The average molecular weight is 291 g/mol. The Balaban J connectivity index is 2.11. The summed E-state index contributed by atoms with van der Waals surface area (Å²) in [7, 11) is 0. The fraction of sp³-hybridized carbons (Fsp3) is 0. The third kappa shape index (κ3) is 2.23. The smallest absolute Gasteiger partial charge is 0.211 e. The molecule has 0 amide bonds. The van der Waals surface area contributed by atoms with E-state index in [1.165, 1.54) is 0 Å². The summed E-state index contributed by atoms with van der Waals surface area (Å²) in [5, 5.41) is 1.15. The molecule has 3 rings (SSSR count). The molecular formula is C14H8Cl2N2O. The Morgan fingerprint density at radius 3 is 2.42 bits per heavy atom. The molecule has 0 aliphatic heterocycles. The van der Waals surface area contributed by atoms with Crippen LogP contribution in [0.2, 0.25) is 10.0 Å². The van der Waals surface area contributed by atoms with Crippen molar-refractivity contribution < 1.29 is 4.79 Å². The topological polar surface area (TPSA) is 34.4 Å². The Kier molecular flexibility index (Phi) is 3.01. The fourth-order valence-corrected chi connectivity index (χ4v) is 2.16.